The van der Waals surface area contributed by atoms with Gasteiger partial charge in [-0.1, -0.05) is 42.0 Å². The third-order valence-corrected chi connectivity index (χ3v) is 7.32. The third-order valence-electron chi connectivity index (χ3n) is 7.32. The lowest BCUT2D eigenvalue weighted by atomic mass is 9.91. The van der Waals surface area contributed by atoms with Crippen molar-refractivity contribution in [3.63, 3.8) is 0 Å². The molecule has 5 rings (SSSR count). The molecule has 1 saturated carbocycles. The van der Waals surface area contributed by atoms with E-state index < -0.39 is 5.92 Å². The topological polar surface area (TPSA) is 109 Å². The van der Waals surface area contributed by atoms with Crippen molar-refractivity contribution in [2.45, 2.75) is 51.0 Å². The summed E-state index contributed by atoms with van der Waals surface area (Å²) in [6, 6.07) is 18.8. The van der Waals surface area contributed by atoms with E-state index in [0.29, 0.717) is 49.0 Å². The van der Waals surface area contributed by atoms with Crippen LogP contribution in [0.5, 0.6) is 0 Å². The number of tetrazole rings is 1. The van der Waals surface area contributed by atoms with Crippen LogP contribution in [-0.2, 0) is 16.0 Å². The number of halogens is 2. The average Bonchev–Trinajstić information content (AvgIpc) is 3.50. The molecule has 1 amide bonds. The number of amides is 1. The molecule has 0 radical (unpaired) electrons. The highest BCUT2D eigenvalue weighted by Gasteiger charge is 2.37. The van der Waals surface area contributed by atoms with Gasteiger partial charge in [0.15, 0.2) is 0 Å². The molecule has 0 spiro atoms. The second kappa shape index (κ2) is 12.5. The summed E-state index contributed by atoms with van der Waals surface area (Å²) in [5.41, 5.74) is 4.65. The van der Waals surface area contributed by atoms with Gasteiger partial charge < -0.3 is 15.0 Å². The third kappa shape index (κ3) is 7.10. The molecule has 0 aliphatic heterocycles. The van der Waals surface area contributed by atoms with Crippen LogP contribution in [0.2, 0.25) is 0 Å². The van der Waals surface area contributed by atoms with Crippen molar-refractivity contribution in [3.05, 3.63) is 71.8 Å². The molecule has 2 heterocycles. The fourth-order valence-electron chi connectivity index (χ4n) is 5.17. The van der Waals surface area contributed by atoms with Crippen LogP contribution >= 0.6 is 0 Å². The second-order valence-electron chi connectivity index (χ2n) is 10.4. The number of H-pyrrole nitrogens is 1. The molecule has 0 saturated heterocycles. The lowest BCUT2D eigenvalue weighted by Gasteiger charge is -2.38. The second-order valence-corrected chi connectivity index (χ2v) is 10.4. The van der Waals surface area contributed by atoms with Crippen molar-refractivity contribution in [2.24, 2.45) is 0 Å². The molecule has 0 bridgehead atoms. The summed E-state index contributed by atoms with van der Waals surface area (Å²) in [5.74, 6) is -1.81. The van der Waals surface area contributed by atoms with Crippen molar-refractivity contribution >= 4 is 17.4 Å². The molecule has 0 atom stereocenters. The molecule has 2 N–H and O–H groups in total. The Morgan fingerprint density at radius 1 is 1.10 bits per heavy atom. The number of pyridine rings is 1. The van der Waals surface area contributed by atoms with Crippen LogP contribution in [0, 0.1) is 6.92 Å². The number of aromatic amines is 1. The highest BCUT2D eigenvalue weighted by Crippen LogP contribution is 2.37. The van der Waals surface area contributed by atoms with Gasteiger partial charge in [0.1, 0.15) is 5.82 Å². The number of ether oxygens (including phenoxy) is 1. The molecule has 0 unspecified atom stereocenters. The van der Waals surface area contributed by atoms with Gasteiger partial charge in [-0.25, -0.2) is 13.8 Å². The van der Waals surface area contributed by atoms with E-state index in [0.717, 1.165) is 22.3 Å². The predicted molar refractivity (Wildman–Crippen MR) is 153 cm³/mol. The Morgan fingerprint density at radius 3 is 2.51 bits per heavy atom. The number of benzene rings is 2. The first-order chi connectivity index (χ1) is 19.8. The van der Waals surface area contributed by atoms with Gasteiger partial charge in [-0.2, -0.15) is 5.21 Å². The molecular weight excluding hydrogens is 528 g/mol. The number of carbonyl (C=O) groups excluding carboxylic acids is 1. The quantitative estimate of drug-likeness (QED) is 0.265. The standard InChI is InChI=1S/C30H33F2N7O2/c1-20-7-9-22(10-8-20)33-28(40)19-21-17-26(24-5-3-4-6-25(24)29-35-37-38-36-29)34-27(18-21)39(15-16-41-2)23-11-13-30(31,32)14-12-23/h3-10,17-18,23H,11-16,19H2,1-2H3,(H,33,40)(H,35,36,37,38). The minimum Gasteiger partial charge on any atom is -0.383 e. The van der Waals surface area contributed by atoms with Crippen molar-refractivity contribution in [1.82, 2.24) is 25.6 Å². The smallest absolute Gasteiger partial charge is 0.248 e. The monoisotopic (exact) mass is 561 g/mol. The van der Waals surface area contributed by atoms with Crippen LogP contribution in [-0.4, -0.2) is 63.7 Å². The number of anilines is 2. The first-order valence-corrected chi connectivity index (χ1v) is 13.7. The van der Waals surface area contributed by atoms with Gasteiger partial charge in [0.2, 0.25) is 17.7 Å². The van der Waals surface area contributed by atoms with Gasteiger partial charge in [0.25, 0.3) is 0 Å². The summed E-state index contributed by atoms with van der Waals surface area (Å²) in [5, 5.41) is 17.4. The Bertz CT molecular complexity index is 1450. The van der Waals surface area contributed by atoms with Gasteiger partial charge in [-0.15, -0.1) is 10.2 Å². The Hall–Kier alpha value is -4.25. The first kappa shape index (κ1) is 28.3. The van der Waals surface area contributed by atoms with Crippen LogP contribution in [0.1, 0.15) is 36.8 Å². The lowest BCUT2D eigenvalue weighted by Crippen LogP contribution is -2.43. The Labute approximate surface area is 237 Å². The maximum atomic E-state index is 14.0. The zero-order valence-electron chi connectivity index (χ0n) is 23.1. The van der Waals surface area contributed by atoms with E-state index in [4.69, 9.17) is 9.72 Å². The van der Waals surface area contributed by atoms with Gasteiger partial charge >= 0.3 is 0 Å². The van der Waals surface area contributed by atoms with Gasteiger partial charge in [-0.3, -0.25) is 4.79 Å². The van der Waals surface area contributed by atoms with E-state index in [1.807, 2.05) is 72.5 Å². The fourth-order valence-corrected chi connectivity index (χ4v) is 5.17. The van der Waals surface area contributed by atoms with E-state index in [1.54, 1.807) is 7.11 Å². The maximum Gasteiger partial charge on any atom is 0.248 e. The van der Waals surface area contributed by atoms with Crippen molar-refractivity contribution in [1.29, 1.82) is 0 Å². The zero-order chi connectivity index (χ0) is 28.8. The Kier molecular flexibility index (Phi) is 8.63. The molecule has 1 aliphatic carbocycles. The first-order valence-electron chi connectivity index (χ1n) is 13.7. The number of hydrogen-bond donors (Lipinski definition) is 2. The molecule has 9 nitrogen and oxygen atoms in total. The highest BCUT2D eigenvalue weighted by atomic mass is 19.3. The lowest BCUT2D eigenvalue weighted by molar-refractivity contribution is -0.115. The van der Waals surface area contributed by atoms with E-state index in [2.05, 4.69) is 25.9 Å². The summed E-state index contributed by atoms with van der Waals surface area (Å²) in [6.45, 7) is 2.87. The average molecular weight is 562 g/mol. The molecule has 41 heavy (non-hydrogen) atoms. The molecule has 214 valence electrons. The maximum absolute atomic E-state index is 14.0. The molecular formula is C30H33F2N7O2. The molecule has 11 heteroatoms. The summed E-state index contributed by atoms with van der Waals surface area (Å²) in [4.78, 5) is 20.2. The minimum absolute atomic E-state index is 0.0988. The van der Waals surface area contributed by atoms with Crippen LogP contribution in [0.4, 0.5) is 20.3 Å². The normalized spacial score (nSPS) is 15.0. The number of nitrogens with one attached hydrogen (secondary N) is 2. The SMILES string of the molecule is COCCN(c1cc(CC(=O)Nc2ccc(C)cc2)cc(-c2ccccc2-c2nn[nH]n2)n1)C1CCC(F)(F)CC1. The largest absolute Gasteiger partial charge is 0.383 e. The number of alkyl halides is 2. The number of hydrogen-bond acceptors (Lipinski definition) is 7. The summed E-state index contributed by atoms with van der Waals surface area (Å²) in [7, 11) is 1.61. The number of carbonyl (C=O) groups is 1. The van der Waals surface area contributed by atoms with Crippen molar-refractivity contribution in [3.8, 4) is 22.6 Å². The Balaban J connectivity index is 1.53. The van der Waals surface area contributed by atoms with E-state index in [-0.39, 0.29) is 31.2 Å². The summed E-state index contributed by atoms with van der Waals surface area (Å²) >= 11 is 0. The number of nitrogens with zero attached hydrogens (tertiary/aromatic N) is 5. The van der Waals surface area contributed by atoms with E-state index >= 15 is 0 Å². The van der Waals surface area contributed by atoms with Gasteiger partial charge in [0.05, 0.1) is 18.7 Å². The molecule has 2 aromatic heterocycles. The van der Waals surface area contributed by atoms with Crippen LogP contribution in [0.15, 0.2) is 60.7 Å². The molecule has 2 aromatic carbocycles. The number of rotatable bonds is 10. The fraction of sp³-hybridized carbons (Fsp3) is 0.367. The summed E-state index contributed by atoms with van der Waals surface area (Å²) in [6.07, 6.45) is 0.429. The van der Waals surface area contributed by atoms with Crippen molar-refractivity contribution < 1.29 is 18.3 Å². The minimum atomic E-state index is -2.65. The van der Waals surface area contributed by atoms with Crippen LogP contribution in [0.25, 0.3) is 22.6 Å². The highest BCUT2D eigenvalue weighted by molar-refractivity contribution is 5.92. The van der Waals surface area contributed by atoms with E-state index in [1.165, 1.54) is 0 Å². The van der Waals surface area contributed by atoms with Crippen LogP contribution < -0.4 is 10.2 Å². The van der Waals surface area contributed by atoms with Crippen molar-refractivity contribution in [2.75, 3.05) is 30.5 Å². The molecule has 4 aromatic rings. The molecule has 1 fully saturated rings. The number of methoxy groups -OCH3 is 1. The number of aryl methyl sites for hydroxylation is 1. The predicted octanol–water partition coefficient (Wildman–Crippen LogP) is 5.45. The summed E-state index contributed by atoms with van der Waals surface area (Å²) < 4.78 is 33.5. The Morgan fingerprint density at radius 2 is 1.83 bits per heavy atom. The molecule has 1 aliphatic rings. The zero-order valence-corrected chi connectivity index (χ0v) is 23.1. The van der Waals surface area contributed by atoms with Gasteiger partial charge in [-0.05, 0) is 54.8 Å². The van der Waals surface area contributed by atoms with Crippen LogP contribution in [0.3, 0.4) is 0 Å². The number of aromatic nitrogens is 5. The van der Waals surface area contributed by atoms with E-state index in [9.17, 15) is 13.6 Å². The van der Waals surface area contributed by atoms with Gasteiger partial charge in [0, 0.05) is 49.4 Å².